The normalized spacial score (nSPS) is 12.5. The molecule has 0 bridgehead atoms. The molecule has 0 aliphatic rings. The molecule has 7 nitrogen and oxygen atoms in total. The summed E-state index contributed by atoms with van der Waals surface area (Å²) in [6.45, 7) is 3.94. The molecule has 0 aliphatic carbocycles. The van der Waals surface area contributed by atoms with Gasteiger partial charge in [0, 0.05) is 24.3 Å². The first-order chi connectivity index (χ1) is 17.4. The first kappa shape index (κ1) is 27.9. The van der Waals surface area contributed by atoms with Crippen LogP contribution in [-0.2, 0) is 22.8 Å². The van der Waals surface area contributed by atoms with Crippen LogP contribution in [0, 0.1) is 0 Å². The highest BCUT2D eigenvalue weighted by molar-refractivity contribution is 7.87. The number of ether oxygens (including phenoxy) is 1. The third-order valence-corrected chi connectivity index (χ3v) is 6.86. The molecule has 3 rings (SSSR count). The van der Waals surface area contributed by atoms with Crippen molar-refractivity contribution in [1.29, 1.82) is 0 Å². The SMILES string of the molecule is CCC(C)N(Cc1cccc(OS(=O)(=O)c2cccc(C(F)(F)F)c2)c1)C(=O)Nc1cccc(OC)c1. The number of amides is 2. The average molecular weight is 537 g/mol. The van der Waals surface area contributed by atoms with Crippen molar-refractivity contribution in [1.82, 2.24) is 4.90 Å². The standard InChI is InChI=1S/C26H27F3N2O5S/c1-4-18(2)31(25(32)30-21-10-7-11-22(16-21)35-3)17-19-8-5-12-23(14-19)36-37(33,34)24-13-6-9-20(15-24)26(27,28)29/h5-16,18H,4,17H2,1-3H3,(H,30,32). The van der Waals surface area contributed by atoms with Crippen molar-refractivity contribution < 1.29 is 35.3 Å². The number of urea groups is 1. The molecule has 1 N–H and O–H groups in total. The molecule has 198 valence electrons. The van der Waals surface area contributed by atoms with Crippen LogP contribution in [-0.4, -0.2) is 32.5 Å². The Balaban J connectivity index is 1.80. The summed E-state index contributed by atoms with van der Waals surface area (Å²) in [5.74, 6) is 0.493. The van der Waals surface area contributed by atoms with Crippen LogP contribution in [0.4, 0.5) is 23.7 Å². The lowest BCUT2D eigenvalue weighted by molar-refractivity contribution is -0.137. The Hall–Kier alpha value is -3.73. The molecular formula is C26H27F3N2O5S. The van der Waals surface area contributed by atoms with Gasteiger partial charge in [0.1, 0.15) is 16.4 Å². The van der Waals surface area contributed by atoms with E-state index >= 15 is 0 Å². The van der Waals surface area contributed by atoms with E-state index in [1.165, 1.54) is 19.2 Å². The van der Waals surface area contributed by atoms with Gasteiger partial charge in [0.05, 0.1) is 12.7 Å². The highest BCUT2D eigenvalue weighted by Gasteiger charge is 2.32. The van der Waals surface area contributed by atoms with Gasteiger partial charge in [-0.1, -0.05) is 31.2 Å². The van der Waals surface area contributed by atoms with Gasteiger partial charge in [0.15, 0.2) is 0 Å². The van der Waals surface area contributed by atoms with Crippen LogP contribution in [0.15, 0.2) is 77.7 Å². The molecule has 3 aromatic carbocycles. The van der Waals surface area contributed by atoms with Crippen LogP contribution in [0.25, 0.3) is 0 Å². The molecule has 0 saturated carbocycles. The van der Waals surface area contributed by atoms with Gasteiger partial charge >= 0.3 is 22.3 Å². The van der Waals surface area contributed by atoms with Crippen LogP contribution in [0.3, 0.4) is 0 Å². The van der Waals surface area contributed by atoms with E-state index in [1.54, 1.807) is 41.3 Å². The first-order valence-electron chi connectivity index (χ1n) is 11.4. The van der Waals surface area contributed by atoms with Gasteiger partial charge in [-0.15, -0.1) is 0 Å². The van der Waals surface area contributed by atoms with Gasteiger partial charge in [-0.25, -0.2) is 4.79 Å². The molecule has 2 amide bonds. The minimum Gasteiger partial charge on any atom is -0.497 e. The molecule has 1 atom stereocenters. The molecule has 0 spiro atoms. The number of nitrogens with zero attached hydrogens (tertiary/aromatic N) is 1. The quantitative estimate of drug-likeness (QED) is 0.324. The molecular weight excluding hydrogens is 509 g/mol. The fourth-order valence-corrected chi connectivity index (χ4v) is 4.41. The van der Waals surface area contributed by atoms with E-state index in [2.05, 4.69) is 5.32 Å². The monoisotopic (exact) mass is 536 g/mol. The van der Waals surface area contributed by atoms with Crippen molar-refractivity contribution in [2.24, 2.45) is 0 Å². The van der Waals surface area contributed by atoms with Gasteiger partial charge in [-0.2, -0.15) is 21.6 Å². The van der Waals surface area contributed by atoms with Crippen LogP contribution in [0.5, 0.6) is 11.5 Å². The Morgan fingerprint density at radius 2 is 1.68 bits per heavy atom. The summed E-state index contributed by atoms with van der Waals surface area (Å²) in [5.41, 5.74) is 0.0110. The number of alkyl halides is 3. The largest absolute Gasteiger partial charge is 0.497 e. The zero-order valence-electron chi connectivity index (χ0n) is 20.5. The molecule has 1 unspecified atom stereocenters. The topological polar surface area (TPSA) is 84.9 Å². The van der Waals surface area contributed by atoms with E-state index in [4.69, 9.17) is 8.92 Å². The van der Waals surface area contributed by atoms with Crippen LogP contribution >= 0.6 is 0 Å². The maximum Gasteiger partial charge on any atom is 0.416 e. The van der Waals surface area contributed by atoms with E-state index in [-0.39, 0.29) is 24.4 Å². The molecule has 0 saturated heterocycles. The highest BCUT2D eigenvalue weighted by atomic mass is 32.2. The van der Waals surface area contributed by atoms with Gasteiger partial charge in [0.2, 0.25) is 0 Å². The lowest BCUT2D eigenvalue weighted by Crippen LogP contribution is -2.40. The molecule has 3 aromatic rings. The second-order valence-corrected chi connectivity index (χ2v) is 9.80. The van der Waals surface area contributed by atoms with E-state index < -0.39 is 26.8 Å². The molecule has 37 heavy (non-hydrogen) atoms. The number of carbonyl (C=O) groups is 1. The van der Waals surface area contributed by atoms with E-state index in [0.717, 1.165) is 18.2 Å². The van der Waals surface area contributed by atoms with Crippen molar-refractivity contribution in [2.45, 2.75) is 43.9 Å². The molecule has 0 aliphatic heterocycles. The Labute approximate surface area is 213 Å². The third kappa shape index (κ3) is 7.39. The smallest absolute Gasteiger partial charge is 0.416 e. The third-order valence-electron chi connectivity index (χ3n) is 5.61. The van der Waals surface area contributed by atoms with Crippen LogP contribution < -0.4 is 14.2 Å². The summed E-state index contributed by atoms with van der Waals surface area (Å²) in [6, 6.07) is 15.7. The molecule has 0 aromatic heterocycles. The van der Waals surface area contributed by atoms with Gasteiger partial charge in [0.25, 0.3) is 0 Å². The summed E-state index contributed by atoms with van der Waals surface area (Å²) in [6.07, 6.45) is -4.04. The molecule has 0 heterocycles. The number of rotatable bonds is 9. The predicted molar refractivity (Wildman–Crippen MR) is 133 cm³/mol. The average Bonchev–Trinajstić information content (AvgIpc) is 2.86. The summed E-state index contributed by atoms with van der Waals surface area (Å²) >= 11 is 0. The maximum atomic E-state index is 13.1. The van der Waals surface area contributed by atoms with E-state index in [9.17, 15) is 26.4 Å². The summed E-state index contributed by atoms with van der Waals surface area (Å²) in [4.78, 5) is 14.0. The summed E-state index contributed by atoms with van der Waals surface area (Å²) < 4.78 is 74.7. The number of benzene rings is 3. The van der Waals surface area contributed by atoms with Crippen molar-refractivity contribution in [3.8, 4) is 11.5 Å². The number of hydrogen-bond donors (Lipinski definition) is 1. The Bertz CT molecular complexity index is 1350. The Morgan fingerprint density at radius 1 is 1.00 bits per heavy atom. The first-order valence-corrected chi connectivity index (χ1v) is 12.8. The van der Waals surface area contributed by atoms with Gasteiger partial charge in [-0.05, 0) is 61.4 Å². The second-order valence-electron chi connectivity index (χ2n) is 8.26. The maximum absolute atomic E-state index is 13.1. The number of halogens is 3. The fraction of sp³-hybridized carbons (Fsp3) is 0.269. The van der Waals surface area contributed by atoms with Gasteiger partial charge in [-0.3, -0.25) is 0 Å². The Kier molecular flexibility index (Phi) is 8.69. The molecule has 0 fully saturated rings. The Morgan fingerprint density at radius 3 is 2.35 bits per heavy atom. The number of methoxy groups -OCH3 is 1. The predicted octanol–water partition coefficient (Wildman–Crippen LogP) is 6.31. The molecule has 0 radical (unpaired) electrons. The fourth-order valence-electron chi connectivity index (χ4n) is 3.44. The zero-order chi connectivity index (χ0) is 27.2. The lowest BCUT2D eigenvalue weighted by atomic mass is 10.1. The zero-order valence-corrected chi connectivity index (χ0v) is 21.3. The summed E-state index contributed by atoms with van der Waals surface area (Å²) in [7, 11) is -3.01. The van der Waals surface area contributed by atoms with E-state index in [0.29, 0.717) is 29.5 Å². The van der Waals surface area contributed by atoms with Crippen LogP contribution in [0.2, 0.25) is 0 Å². The van der Waals surface area contributed by atoms with E-state index in [1.807, 2.05) is 13.8 Å². The lowest BCUT2D eigenvalue weighted by Gasteiger charge is -2.29. The number of hydrogen-bond acceptors (Lipinski definition) is 5. The minimum absolute atomic E-state index is 0.0905. The number of nitrogens with one attached hydrogen (secondary N) is 1. The van der Waals surface area contributed by atoms with Crippen LogP contribution in [0.1, 0.15) is 31.4 Å². The van der Waals surface area contributed by atoms with Gasteiger partial charge < -0.3 is 19.1 Å². The second kappa shape index (κ2) is 11.5. The highest BCUT2D eigenvalue weighted by Crippen LogP contribution is 2.31. The van der Waals surface area contributed by atoms with Crippen molar-refractivity contribution in [2.75, 3.05) is 12.4 Å². The van der Waals surface area contributed by atoms with Crippen molar-refractivity contribution >= 4 is 21.8 Å². The van der Waals surface area contributed by atoms with Crippen molar-refractivity contribution in [3.63, 3.8) is 0 Å². The summed E-state index contributed by atoms with van der Waals surface area (Å²) in [5, 5.41) is 2.83. The molecule has 11 heteroatoms. The number of carbonyl (C=O) groups excluding carboxylic acids is 1. The number of anilines is 1. The van der Waals surface area contributed by atoms with Crippen molar-refractivity contribution in [3.05, 3.63) is 83.9 Å². The minimum atomic E-state index is -4.70.